The minimum absolute atomic E-state index is 0.147. The Bertz CT molecular complexity index is 992. The smallest absolute Gasteiger partial charge is 0.422 e. The second kappa shape index (κ2) is 7.70. The average molecular weight is 398 g/mol. The van der Waals surface area contributed by atoms with Gasteiger partial charge in [-0.15, -0.1) is 0 Å². The lowest BCUT2D eigenvalue weighted by Crippen LogP contribution is -2.23. The highest BCUT2D eigenvalue weighted by atomic mass is 35.5. The van der Waals surface area contributed by atoms with Gasteiger partial charge in [0.25, 0.3) is 5.56 Å². The monoisotopic (exact) mass is 397 g/mol. The molecule has 3 rings (SSSR count). The summed E-state index contributed by atoms with van der Waals surface area (Å²) < 4.78 is 42.1. The molecule has 0 radical (unpaired) electrons. The Labute approximate surface area is 155 Å². The van der Waals surface area contributed by atoms with Crippen molar-refractivity contribution in [2.75, 3.05) is 6.61 Å². The molecule has 0 fully saturated rings. The first kappa shape index (κ1) is 18.8. The van der Waals surface area contributed by atoms with Crippen molar-refractivity contribution in [3.63, 3.8) is 0 Å². The second-order valence-corrected chi connectivity index (χ2v) is 5.82. The fraction of sp³-hybridized carbons (Fsp3) is 0.188. The molecule has 0 spiro atoms. The Kier molecular flexibility index (Phi) is 5.36. The maximum atomic E-state index is 12.1. The molecule has 0 saturated heterocycles. The summed E-state index contributed by atoms with van der Waals surface area (Å²) in [7, 11) is 0. The van der Waals surface area contributed by atoms with E-state index in [2.05, 4.69) is 24.8 Å². The molecule has 11 heteroatoms. The number of rotatable bonds is 5. The van der Waals surface area contributed by atoms with E-state index in [1.807, 2.05) is 0 Å². The highest BCUT2D eigenvalue weighted by Crippen LogP contribution is 2.18. The Balaban J connectivity index is 1.80. The van der Waals surface area contributed by atoms with E-state index in [1.54, 1.807) is 12.3 Å². The summed E-state index contributed by atoms with van der Waals surface area (Å²) in [5.41, 5.74) is 1.12. The molecule has 0 aliphatic rings. The van der Waals surface area contributed by atoms with Gasteiger partial charge in [-0.1, -0.05) is 11.6 Å². The van der Waals surface area contributed by atoms with Crippen molar-refractivity contribution < 1.29 is 17.9 Å². The highest BCUT2D eigenvalue weighted by molar-refractivity contribution is 6.30. The first-order chi connectivity index (χ1) is 12.8. The Morgan fingerprint density at radius 3 is 2.52 bits per heavy atom. The van der Waals surface area contributed by atoms with E-state index >= 15 is 0 Å². The van der Waals surface area contributed by atoms with Crippen LogP contribution in [0.4, 0.5) is 13.2 Å². The number of pyridine rings is 1. The third-order valence-corrected chi connectivity index (χ3v) is 3.46. The lowest BCUT2D eigenvalue weighted by atomic mass is 10.2. The molecule has 140 valence electrons. The molecule has 0 aromatic carbocycles. The van der Waals surface area contributed by atoms with Crippen molar-refractivity contribution in [1.82, 2.24) is 24.7 Å². The van der Waals surface area contributed by atoms with Crippen molar-refractivity contribution in [2.45, 2.75) is 12.7 Å². The van der Waals surface area contributed by atoms with E-state index in [1.165, 1.54) is 35.4 Å². The van der Waals surface area contributed by atoms with Crippen LogP contribution in [-0.2, 0) is 6.54 Å². The maximum absolute atomic E-state index is 12.1. The van der Waals surface area contributed by atoms with Crippen LogP contribution in [0, 0.1) is 0 Å². The summed E-state index contributed by atoms with van der Waals surface area (Å²) in [4.78, 5) is 23.4. The first-order valence-electron chi connectivity index (χ1n) is 7.50. The van der Waals surface area contributed by atoms with Gasteiger partial charge in [-0.3, -0.25) is 9.78 Å². The summed E-state index contributed by atoms with van der Waals surface area (Å²) >= 11 is 5.88. The molecule has 0 aliphatic carbocycles. The van der Waals surface area contributed by atoms with Crippen molar-refractivity contribution in [3.8, 4) is 17.3 Å². The number of ether oxygens (including phenoxy) is 1. The highest BCUT2D eigenvalue weighted by Gasteiger charge is 2.28. The molecule has 0 atom stereocenters. The molecule has 0 unspecified atom stereocenters. The largest absolute Gasteiger partial charge is 0.454 e. The van der Waals surface area contributed by atoms with Gasteiger partial charge in [0.05, 0.1) is 17.3 Å². The van der Waals surface area contributed by atoms with Crippen LogP contribution < -0.4 is 10.3 Å². The zero-order chi connectivity index (χ0) is 19.4. The molecule has 0 saturated carbocycles. The zero-order valence-electron chi connectivity index (χ0n) is 13.5. The zero-order valence-corrected chi connectivity index (χ0v) is 14.3. The van der Waals surface area contributed by atoms with E-state index in [0.29, 0.717) is 21.8 Å². The van der Waals surface area contributed by atoms with Crippen molar-refractivity contribution in [1.29, 1.82) is 0 Å². The number of hydrogen-bond acceptors (Lipinski definition) is 6. The normalized spacial score (nSPS) is 11.4. The second-order valence-electron chi connectivity index (χ2n) is 5.38. The van der Waals surface area contributed by atoms with E-state index < -0.39 is 18.8 Å². The number of aromatic nitrogens is 5. The van der Waals surface area contributed by atoms with Crippen molar-refractivity contribution >= 4 is 11.6 Å². The molecule has 0 aliphatic heterocycles. The van der Waals surface area contributed by atoms with Crippen LogP contribution in [0.25, 0.3) is 11.3 Å². The predicted molar refractivity (Wildman–Crippen MR) is 89.4 cm³/mol. The van der Waals surface area contributed by atoms with Gasteiger partial charge >= 0.3 is 12.2 Å². The van der Waals surface area contributed by atoms with Crippen molar-refractivity contribution in [2.24, 2.45) is 0 Å². The summed E-state index contributed by atoms with van der Waals surface area (Å²) in [6.07, 6.45) is 1.07. The molecule has 3 aromatic heterocycles. The molecular formula is C16H11ClF3N5O2. The standard InChI is InChI=1S/C16H11ClF3N5O2/c17-12-3-10(4-21-7-12)8-25-14(26)2-1-13(24-25)11-5-22-15(23-6-11)27-9-16(18,19)20/h1-7H,8-9H2. The van der Waals surface area contributed by atoms with Crippen LogP contribution >= 0.6 is 11.6 Å². The maximum Gasteiger partial charge on any atom is 0.422 e. The van der Waals surface area contributed by atoms with Crippen LogP contribution in [0.15, 0.2) is 47.8 Å². The van der Waals surface area contributed by atoms with E-state index in [0.717, 1.165) is 0 Å². The third-order valence-electron chi connectivity index (χ3n) is 3.25. The molecule has 0 bridgehead atoms. The minimum Gasteiger partial charge on any atom is -0.454 e. The molecule has 7 nitrogen and oxygen atoms in total. The van der Waals surface area contributed by atoms with E-state index in [9.17, 15) is 18.0 Å². The fourth-order valence-corrected chi connectivity index (χ4v) is 2.30. The summed E-state index contributed by atoms with van der Waals surface area (Å²) in [6.45, 7) is -1.34. The molecule has 3 heterocycles. The van der Waals surface area contributed by atoms with Gasteiger partial charge in [0, 0.05) is 36.4 Å². The third kappa shape index (κ3) is 5.23. The first-order valence-corrected chi connectivity index (χ1v) is 7.87. The molecule has 0 amide bonds. The Morgan fingerprint density at radius 2 is 1.85 bits per heavy atom. The number of nitrogens with zero attached hydrogens (tertiary/aromatic N) is 5. The van der Waals surface area contributed by atoms with Crippen LogP contribution in [0.5, 0.6) is 6.01 Å². The quantitative estimate of drug-likeness (QED) is 0.658. The Hall–Kier alpha value is -3.01. The molecule has 27 heavy (non-hydrogen) atoms. The molecule has 0 N–H and O–H groups in total. The lowest BCUT2D eigenvalue weighted by Gasteiger charge is -2.09. The van der Waals surface area contributed by atoms with Gasteiger partial charge in [0.1, 0.15) is 0 Å². The van der Waals surface area contributed by atoms with Gasteiger partial charge in [0.2, 0.25) is 0 Å². The Morgan fingerprint density at radius 1 is 1.11 bits per heavy atom. The van der Waals surface area contributed by atoms with Gasteiger partial charge in [-0.25, -0.2) is 14.6 Å². The molecule has 3 aromatic rings. The molecular weight excluding hydrogens is 387 g/mol. The number of halogens is 4. The number of alkyl halides is 3. The topological polar surface area (TPSA) is 82.8 Å². The van der Waals surface area contributed by atoms with Crippen LogP contribution in [0.2, 0.25) is 5.02 Å². The van der Waals surface area contributed by atoms with E-state index in [-0.39, 0.29) is 12.1 Å². The number of hydrogen-bond donors (Lipinski definition) is 0. The van der Waals surface area contributed by atoms with Crippen molar-refractivity contribution in [3.05, 3.63) is 63.9 Å². The summed E-state index contributed by atoms with van der Waals surface area (Å²) in [6, 6.07) is 4.03. The fourth-order valence-electron chi connectivity index (χ4n) is 2.10. The van der Waals surface area contributed by atoms with Gasteiger partial charge in [-0.05, 0) is 17.7 Å². The minimum atomic E-state index is -4.48. The van der Waals surface area contributed by atoms with Gasteiger partial charge < -0.3 is 4.74 Å². The van der Waals surface area contributed by atoms with Crippen LogP contribution in [0.3, 0.4) is 0 Å². The average Bonchev–Trinajstić information content (AvgIpc) is 2.62. The van der Waals surface area contributed by atoms with Gasteiger partial charge in [0.15, 0.2) is 6.61 Å². The lowest BCUT2D eigenvalue weighted by molar-refractivity contribution is -0.154. The predicted octanol–water partition coefficient (Wildman–Crippen LogP) is 2.74. The summed E-state index contributed by atoms with van der Waals surface area (Å²) in [5.74, 6) is 0. The SMILES string of the molecule is O=c1ccc(-c2cnc(OCC(F)(F)F)nc2)nn1Cc1cncc(Cl)c1. The van der Waals surface area contributed by atoms with Gasteiger partial charge in [-0.2, -0.15) is 18.3 Å². The summed E-state index contributed by atoms with van der Waals surface area (Å²) in [5, 5.41) is 4.65. The van der Waals surface area contributed by atoms with E-state index in [4.69, 9.17) is 11.6 Å². The van der Waals surface area contributed by atoms with Crippen LogP contribution in [-0.4, -0.2) is 37.5 Å². The van der Waals surface area contributed by atoms with Crippen LogP contribution in [0.1, 0.15) is 5.56 Å².